The summed E-state index contributed by atoms with van der Waals surface area (Å²) in [6.07, 6.45) is 5.35. The predicted octanol–water partition coefficient (Wildman–Crippen LogP) is 4.62. The smallest absolute Gasteiger partial charge is 0.335 e. The molecule has 0 radical (unpaired) electrons. The lowest BCUT2D eigenvalue weighted by Crippen LogP contribution is -2.29. The zero-order valence-electron chi connectivity index (χ0n) is 15.4. The van der Waals surface area contributed by atoms with E-state index in [0.29, 0.717) is 18.1 Å². The van der Waals surface area contributed by atoms with Crippen LogP contribution in [0.5, 0.6) is 11.5 Å². The maximum absolute atomic E-state index is 11.4. The molecule has 2 aromatic carbocycles. The van der Waals surface area contributed by atoms with E-state index < -0.39 is 5.97 Å². The first-order chi connectivity index (χ1) is 13.1. The van der Waals surface area contributed by atoms with Gasteiger partial charge in [-0.1, -0.05) is 18.2 Å². The molecule has 4 rings (SSSR count). The standard InChI is InChI=1S/C22H23NO4/c1-3-27-20-12-13(8-10-19(20)26-2)21-16-6-4-5-15(16)17-11-14(22(24)25)7-9-18(17)23-21/h4-5,7-12,15-16,21,23H,3,6H2,1-2H3,(H,24,25)/t15-,16+,21+/m1/s1. The van der Waals surface area contributed by atoms with Gasteiger partial charge in [-0.05, 0) is 60.7 Å². The van der Waals surface area contributed by atoms with Crippen molar-refractivity contribution in [3.05, 3.63) is 65.2 Å². The Hall–Kier alpha value is -2.95. The van der Waals surface area contributed by atoms with Crippen molar-refractivity contribution in [2.45, 2.75) is 25.3 Å². The molecular formula is C22H23NO4. The van der Waals surface area contributed by atoms with Crippen molar-refractivity contribution in [1.29, 1.82) is 0 Å². The molecule has 2 aliphatic rings. The molecule has 1 aliphatic heterocycles. The minimum absolute atomic E-state index is 0.123. The van der Waals surface area contributed by atoms with E-state index in [0.717, 1.165) is 34.7 Å². The lowest BCUT2D eigenvalue weighted by Gasteiger charge is -2.37. The second-order valence-electron chi connectivity index (χ2n) is 6.93. The van der Waals surface area contributed by atoms with Crippen LogP contribution in [0.1, 0.15) is 46.8 Å². The molecular weight excluding hydrogens is 342 g/mol. The molecule has 5 heteroatoms. The lowest BCUT2D eigenvalue weighted by molar-refractivity contribution is 0.0696. The topological polar surface area (TPSA) is 67.8 Å². The van der Waals surface area contributed by atoms with Crippen LogP contribution in [-0.4, -0.2) is 24.8 Å². The monoisotopic (exact) mass is 365 g/mol. The van der Waals surface area contributed by atoms with Gasteiger partial charge in [0, 0.05) is 11.6 Å². The molecule has 0 spiro atoms. The Labute approximate surface area is 158 Å². The number of ether oxygens (including phenoxy) is 2. The van der Waals surface area contributed by atoms with E-state index in [4.69, 9.17) is 9.47 Å². The summed E-state index contributed by atoms with van der Waals surface area (Å²) in [5.41, 5.74) is 3.53. The van der Waals surface area contributed by atoms with Gasteiger partial charge in [0.15, 0.2) is 11.5 Å². The molecule has 140 valence electrons. The van der Waals surface area contributed by atoms with Gasteiger partial charge in [-0.25, -0.2) is 4.79 Å². The fourth-order valence-electron chi connectivity index (χ4n) is 4.21. The molecule has 0 aromatic heterocycles. The van der Waals surface area contributed by atoms with E-state index in [1.54, 1.807) is 19.2 Å². The third kappa shape index (κ3) is 3.03. The largest absolute Gasteiger partial charge is 0.493 e. The van der Waals surface area contributed by atoms with Gasteiger partial charge >= 0.3 is 5.97 Å². The van der Waals surface area contributed by atoms with Gasteiger partial charge in [0.25, 0.3) is 0 Å². The molecule has 3 atom stereocenters. The van der Waals surface area contributed by atoms with E-state index in [-0.39, 0.29) is 12.0 Å². The van der Waals surface area contributed by atoms with Crippen LogP contribution in [0.15, 0.2) is 48.6 Å². The van der Waals surface area contributed by atoms with Crippen molar-refractivity contribution in [2.75, 3.05) is 19.0 Å². The Balaban J connectivity index is 1.73. The Kier molecular flexibility index (Phi) is 4.52. The Morgan fingerprint density at radius 1 is 1.22 bits per heavy atom. The molecule has 2 N–H and O–H groups in total. The van der Waals surface area contributed by atoms with Crippen molar-refractivity contribution >= 4 is 11.7 Å². The van der Waals surface area contributed by atoms with Crippen molar-refractivity contribution in [2.24, 2.45) is 5.92 Å². The highest BCUT2D eigenvalue weighted by Gasteiger charge is 2.38. The van der Waals surface area contributed by atoms with E-state index in [1.165, 1.54) is 0 Å². The minimum atomic E-state index is -0.894. The Morgan fingerprint density at radius 3 is 2.81 bits per heavy atom. The number of hydrogen-bond donors (Lipinski definition) is 2. The van der Waals surface area contributed by atoms with Crippen molar-refractivity contribution in [3.63, 3.8) is 0 Å². The number of allylic oxidation sites excluding steroid dienone is 2. The molecule has 5 nitrogen and oxygen atoms in total. The number of methoxy groups -OCH3 is 1. The van der Waals surface area contributed by atoms with Gasteiger partial charge in [-0.2, -0.15) is 0 Å². The van der Waals surface area contributed by atoms with Crippen LogP contribution in [0.25, 0.3) is 0 Å². The first kappa shape index (κ1) is 17.5. The van der Waals surface area contributed by atoms with Gasteiger partial charge in [-0.15, -0.1) is 0 Å². The van der Waals surface area contributed by atoms with Crippen LogP contribution in [0.4, 0.5) is 5.69 Å². The lowest BCUT2D eigenvalue weighted by atomic mass is 9.76. The van der Waals surface area contributed by atoms with Gasteiger partial charge in [0.1, 0.15) is 0 Å². The van der Waals surface area contributed by atoms with E-state index in [2.05, 4.69) is 23.5 Å². The minimum Gasteiger partial charge on any atom is -0.493 e. The zero-order valence-corrected chi connectivity index (χ0v) is 15.4. The maximum atomic E-state index is 11.4. The summed E-state index contributed by atoms with van der Waals surface area (Å²) in [6, 6.07) is 11.5. The second-order valence-corrected chi connectivity index (χ2v) is 6.93. The third-order valence-corrected chi connectivity index (χ3v) is 5.46. The summed E-state index contributed by atoms with van der Waals surface area (Å²) in [7, 11) is 1.64. The molecule has 0 unspecified atom stereocenters. The van der Waals surface area contributed by atoms with Crippen LogP contribution < -0.4 is 14.8 Å². The Bertz CT molecular complexity index is 905. The zero-order chi connectivity index (χ0) is 19.0. The van der Waals surface area contributed by atoms with Crippen molar-refractivity contribution in [3.8, 4) is 11.5 Å². The van der Waals surface area contributed by atoms with Gasteiger partial charge in [0.05, 0.1) is 25.3 Å². The van der Waals surface area contributed by atoms with Crippen LogP contribution in [-0.2, 0) is 0 Å². The normalized spacial score (nSPS) is 22.5. The summed E-state index contributed by atoms with van der Waals surface area (Å²) < 4.78 is 11.2. The number of carboxylic acids is 1. The number of benzene rings is 2. The molecule has 0 saturated carbocycles. The number of hydrogen-bond acceptors (Lipinski definition) is 4. The van der Waals surface area contributed by atoms with Gasteiger partial charge in [0.2, 0.25) is 0 Å². The summed E-state index contributed by atoms with van der Waals surface area (Å²) in [5, 5.41) is 13.0. The average Bonchev–Trinajstić information content (AvgIpc) is 3.17. The number of carbonyl (C=O) groups is 1. The second kappa shape index (κ2) is 6.99. The molecule has 0 amide bonds. The van der Waals surface area contributed by atoms with Gasteiger partial charge < -0.3 is 19.9 Å². The summed E-state index contributed by atoms with van der Waals surface area (Å²) in [4.78, 5) is 11.4. The Morgan fingerprint density at radius 2 is 2.07 bits per heavy atom. The molecule has 1 aliphatic carbocycles. The number of aromatic carboxylic acids is 1. The third-order valence-electron chi connectivity index (χ3n) is 5.46. The summed E-state index contributed by atoms with van der Waals surface area (Å²) in [6.45, 7) is 2.53. The van der Waals surface area contributed by atoms with E-state index >= 15 is 0 Å². The van der Waals surface area contributed by atoms with Crippen LogP contribution in [0.2, 0.25) is 0 Å². The molecule has 27 heavy (non-hydrogen) atoms. The number of carboxylic acid groups (broad SMARTS) is 1. The molecule has 2 aromatic rings. The maximum Gasteiger partial charge on any atom is 0.335 e. The van der Waals surface area contributed by atoms with Crippen LogP contribution >= 0.6 is 0 Å². The van der Waals surface area contributed by atoms with E-state index in [9.17, 15) is 9.90 Å². The molecule has 1 heterocycles. The number of rotatable bonds is 5. The number of nitrogens with one attached hydrogen (secondary N) is 1. The van der Waals surface area contributed by atoms with Crippen molar-refractivity contribution < 1.29 is 19.4 Å². The fourth-order valence-corrected chi connectivity index (χ4v) is 4.21. The molecule has 0 fully saturated rings. The fraction of sp³-hybridized carbons (Fsp3) is 0.318. The van der Waals surface area contributed by atoms with Crippen LogP contribution in [0, 0.1) is 5.92 Å². The highest BCUT2D eigenvalue weighted by molar-refractivity contribution is 5.89. The summed E-state index contributed by atoms with van der Waals surface area (Å²) in [5.74, 6) is 1.13. The SMILES string of the molecule is CCOc1cc([C@@H]2Nc3ccc(C(=O)O)cc3[C@@H]3C=CC[C@@H]32)ccc1OC. The molecule has 0 bridgehead atoms. The number of anilines is 1. The summed E-state index contributed by atoms with van der Waals surface area (Å²) >= 11 is 0. The first-order valence-corrected chi connectivity index (χ1v) is 9.23. The highest BCUT2D eigenvalue weighted by Crippen LogP contribution is 2.50. The number of fused-ring (bicyclic) bond motifs is 3. The predicted molar refractivity (Wildman–Crippen MR) is 104 cm³/mol. The average molecular weight is 365 g/mol. The highest BCUT2D eigenvalue weighted by atomic mass is 16.5. The van der Waals surface area contributed by atoms with Crippen molar-refractivity contribution in [1.82, 2.24) is 0 Å². The van der Waals surface area contributed by atoms with Gasteiger partial charge in [-0.3, -0.25) is 0 Å². The van der Waals surface area contributed by atoms with Crippen LogP contribution in [0.3, 0.4) is 0 Å². The first-order valence-electron chi connectivity index (χ1n) is 9.23. The van der Waals surface area contributed by atoms with E-state index in [1.807, 2.05) is 25.1 Å². The quantitative estimate of drug-likeness (QED) is 0.757. The molecule has 0 saturated heterocycles.